The van der Waals surface area contributed by atoms with Crippen LogP contribution < -0.4 is 19.1 Å². The number of carbonyl (C=O) groups is 4. The van der Waals surface area contributed by atoms with E-state index in [4.69, 9.17) is 14.2 Å². The molecule has 4 amide bonds. The molecule has 0 saturated carbocycles. The van der Waals surface area contributed by atoms with E-state index in [0.29, 0.717) is 18.6 Å². The quantitative estimate of drug-likeness (QED) is 0.0632. The zero-order valence-electron chi connectivity index (χ0n) is 38.4. The summed E-state index contributed by atoms with van der Waals surface area (Å²) < 4.78 is 18.5. The fraction of sp³-hybridized carbons (Fsp3) is 0.451. The van der Waals surface area contributed by atoms with Crippen molar-refractivity contribution in [1.29, 1.82) is 0 Å². The molecule has 4 aromatic rings. The van der Waals surface area contributed by atoms with E-state index in [1.54, 1.807) is 36.4 Å². The zero-order chi connectivity index (χ0) is 46.9. The fourth-order valence-corrected chi connectivity index (χ4v) is 9.03. The van der Waals surface area contributed by atoms with Crippen LogP contribution in [0.25, 0.3) is 0 Å². The first-order chi connectivity index (χ1) is 30.4. The van der Waals surface area contributed by atoms with E-state index in [1.807, 2.05) is 46.8 Å². The number of aliphatic hydroxyl groups excluding tert-OH is 4. The number of aliphatic hydroxyl groups is 4. The lowest BCUT2D eigenvalue weighted by atomic mass is 9.67. The minimum atomic E-state index is -1.25. The third-order valence-corrected chi connectivity index (χ3v) is 13.8. The van der Waals surface area contributed by atoms with Gasteiger partial charge in [-0.2, -0.15) is 0 Å². The largest absolute Gasteiger partial charge is 0.490 e. The molecule has 0 aliphatic carbocycles. The van der Waals surface area contributed by atoms with Crippen molar-refractivity contribution in [3.05, 3.63) is 112 Å². The van der Waals surface area contributed by atoms with E-state index in [1.165, 1.54) is 23.1 Å². The molecule has 2 aliphatic rings. The maximum Gasteiger partial charge on any atom is 0.266 e. The van der Waals surface area contributed by atoms with Crippen LogP contribution in [0.5, 0.6) is 23.0 Å². The van der Waals surface area contributed by atoms with E-state index in [0.717, 1.165) is 34.4 Å². The lowest BCUT2D eigenvalue weighted by molar-refractivity contribution is 0.0434. The molecule has 2 atom stereocenters. The molecule has 64 heavy (non-hydrogen) atoms. The first kappa shape index (κ1) is 47.9. The molecule has 6 rings (SSSR count). The number of carbonyl (C=O) groups excluding carboxylic acids is 4. The molecule has 342 valence electrons. The highest BCUT2D eigenvalue weighted by Crippen LogP contribution is 2.47. The van der Waals surface area contributed by atoms with Crippen LogP contribution in [0.1, 0.15) is 146 Å². The molecular weight excluding hydrogens is 817 g/mol. The molecule has 0 aromatic heterocycles. The first-order valence-corrected chi connectivity index (χ1v) is 22.2. The first-order valence-electron chi connectivity index (χ1n) is 22.2. The summed E-state index contributed by atoms with van der Waals surface area (Å²) in [5, 5.41) is 39.8. The number of imide groups is 2. The van der Waals surface area contributed by atoms with Crippen molar-refractivity contribution >= 4 is 29.3 Å². The molecule has 4 aromatic carbocycles. The number of fused-ring (bicyclic) bond motifs is 2. The minimum absolute atomic E-state index is 0.0732. The fourth-order valence-electron chi connectivity index (χ4n) is 9.03. The summed E-state index contributed by atoms with van der Waals surface area (Å²) in [7, 11) is 0. The van der Waals surface area contributed by atoms with Gasteiger partial charge in [0.2, 0.25) is 0 Å². The molecule has 2 unspecified atom stereocenters. The SMILES string of the molecule is CCC(CC)(c1ccc(C(C)(C)c2ccc(N3C(=O)c4ccc(Oc5ccc6c(c5)C(=O)N(C(C)(CC)CC)C6=O)cc4C3=O)c(OCC(O)CO)c2)cc1OCC(O)CO)C(C)C. The second-order valence-electron chi connectivity index (χ2n) is 17.9. The van der Waals surface area contributed by atoms with Gasteiger partial charge in [-0.3, -0.25) is 24.1 Å². The number of hydrogen-bond donors (Lipinski definition) is 4. The number of benzene rings is 4. The van der Waals surface area contributed by atoms with Gasteiger partial charge in [-0.05, 0) is 104 Å². The third-order valence-electron chi connectivity index (χ3n) is 13.8. The number of anilines is 1. The Morgan fingerprint density at radius 2 is 1.05 bits per heavy atom. The summed E-state index contributed by atoms with van der Waals surface area (Å²) in [5.41, 5.74) is 1.85. The van der Waals surface area contributed by atoms with Gasteiger partial charge in [0.1, 0.15) is 48.4 Å². The van der Waals surface area contributed by atoms with E-state index >= 15 is 0 Å². The van der Waals surface area contributed by atoms with E-state index in [-0.39, 0.29) is 75.6 Å². The monoisotopic (exact) mass is 878 g/mol. The van der Waals surface area contributed by atoms with Gasteiger partial charge >= 0.3 is 0 Å². The average Bonchev–Trinajstić information content (AvgIpc) is 3.70. The van der Waals surface area contributed by atoms with Gasteiger partial charge < -0.3 is 34.6 Å². The Labute approximate surface area is 375 Å². The summed E-state index contributed by atoms with van der Waals surface area (Å²) in [6.45, 7) is 17.0. The van der Waals surface area contributed by atoms with Crippen molar-refractivity contribution in [3.8, 4) is 23.0 Å². The highest BCUT2D eigenvalue weighted by Gasteiger charge is 2.45. The van der Waals surface area contributed by atoms with Crippen LogP contribution in [0, 0.1) is 5.92 Å². The van der Waals surface area contributed by atoms with Crippen LogP contribution in [0.2, 0.25) is 0 Å². The van der Waals surface area contributed by atoms with Crippen LogP contribution in [-0.4, -0.2) is 93.1 Å². The predicted molar refractivity (Wildman–Crippen MR) is 243 cm³/mol. The van der Waals surface area contributed by atoms with Gasteiger partial charge in [0.25, 0.3) is 23.6 Å². The Hall–Kier alpha value is -5.60. The molecule has 4 N–H and O–H groups in total. The molecular formula is C51H62N2O11. The Morgan fingerprint density at radius 3 is 1.56 bits per heavy atom. The second-order valence-corrected chi connectivity index (χ2v) is 17.9. The molecule has 13 heteroatoms. The Morgan fingerprint density at radius 1 is 0.578 bits per heavy atom. The molecule has 2 heterocycles. The zero-order valence-corrected chi connectivity index (χ0v) is 38.4. The van der Waals surface area contributed by atoms with Gasteiger partial charge in [-0.1, -0.05) is 73.6 Å². The maximum absolute atomic E-state index is 14.2. The number of hydrogen-bond acceptors (Lipinski definition) is 11. The van der Waals surface area contributed by atoms with E-state index in [2.05, 4.69) is 33.8 Å². The molecule has 0 bridgehead atoms. The van der Waals surface area contributed by atoms with Crippen molar-refractivity contribution in [3.63, 3.8) is 0 Å². The molecule has 0 spiro atoms. The molecule has 13 nitrogen and oxygen atoms in total. The van der Waals surface area contributed by atoms with E-state index in [9.17, 15) is 39.6 Å². The number of ether oxygens (including phenoxy) is 3. The normalized spacial score (nSPS) is 15.2. The van der Waals surface area contributed by atoms with Crippen LogP contribution in [0.3, 0.4) is 0 Å². The van der Waals surface area contributed by atoms with Gasteiger partial charge in [0, 0.05) is 21.9 Å². The van der Waals surface area contributed by atoms with Crippen LogP contribution in [0.4, 0.5) is 5.69 Å². The minimum Gasteiger partial charge on any atom is -0.490 e. The predicted octanol–water partition coefficient (Wildman–Crippen LogP) is 7.96. The highest BCUT2D eigenvalue weighted by molar-refractivity contribution is 6.35. The van der Waals surface area contributed by atoms with Gasteiger partial charge in [0.05, 0.1) is 41.2 Å². The van der Waals surface area contributed by atoms with Gasteiger partial charge in [-0.25, -0.2) is 4.90 Å². The van der Waals surface area contributed by atoms with Crippen molar-refractivity contribution in [2.45, 2.75) is 117 Å². The Bertz CT molecular complexity index is 2420. The summed E-state index contributed by atoms with van der Waals surface area (Å²) >= 11 is 0. The summed E-state index contributed by atoms with van der Waals surface area (Å²) in [6.07, 6.45) is 0.593. The topological polar surface area (TPSA) is 183 Å². The van der Waals surface area contributed by atoms with Crippen molar-refractivity contribution < 1.29 is 53.8 Å². The number of nitrogens with zero attached hydrogens (tertiary/aromatic N) is 2. The third kappa shape index (κ3) is 8.54. The van der Waals surface area contributed by atoms with Crippen LogP contribution >= 0.6 is 0 Å². The summed E-state index contributed by atoms with van der Waals surface area (Å²) in [5.74, 6) is -0.514. The van der Waals surface area contributed by atoms with Crippen molar-refractivity contribution in [2.75, 3.05) is 31.3 Å². The lowest BCUT2D eigenvalue weighted by Gasteiger charge is -2.39. The van der Waals surface area contributed by atoms with E-state index < -0.39 is 54.1 Å². The molecule has 2 aliphatic heterocycles. The lowest BCUT2D eigenvalue weighted by Crippen LogP contribution is -2.48. The maximum atomic E-state index is 14.2. The van der Waals surface area contributed by atoms with Gasteiger partial charge in [0.15, 0.2) is 0 Å². The Balaban J connectivity index is 1.33. The number of rotatable bonds is 20. The number of amides is 4. The molecule has 0 radical (unpaired) electrons. The summed E-state index contributed by atoms with van der Waals surface area (Å²) in [6, 6.07) is 20.3. The smallest absolute Gasteiger partial charge is 0.266 e. The average molecular weight is 879 g/mol. The standard InChI is InChI=1S/C51H62N2O11/c1-10-50(9,11-2)53-47(60)38-19-17-36(25-40(38)48(53)61)64-35-16-18-37-39(24-35)46(59)52(45(37)58)42-21-15-32(23-44(42)63-29-34(57)27-55)49(7,8)31-14-20-41(51(12-3,13-4)30(5)6)43(22-31)62-28-33(56)26-54/h14-25,30,33-34,54-57H,10-13,26-29H2,1-9H3. The van der Waals surface area contributed by atoms with Crippen LogP contribution in [0.15, 0.2) is 72.8 Å². The second kappa shape index (κ2) is 18.9. The van der Waals surface area contributed by atoms with Gasteiger partial charge in [-0.15, -0.1) is 0 Å². The highest BCUT2D eigenvalue weighted by atomic mass is 16.5. The van der Waals surface area contributed by atoms with Crippen molar-refractivity contribution in [1.82, 2.24) is 4.90 Å². The summed E-state index contributed by atoms with van der Waals surface area (Å²) in [4.78, 5) is 57.4. The molecule has 0 fully saturated rings. The Kier molecular flexibility index (Phi) is 14.1. The van der Waals surface area contributed by atoms with Crippen LogP contribution in [-0.2, 0) is 10.8 Å². The molecule has 0 saturated heterocycles. The van der Waals surface area contributed by atoms with Crippen molar-refractivity contribution in [2.24, 2.45) is 5.92 Å².